The zero-order chi connectivity index (χ0) is 20.8. The number of carboxylic acid groups (broad SMARTS) is 1. The Kier molecular flexibility index (Phi) is 5.96. The van der Waals surface area contributed by atoms with Crippen molar-refractivity contribution in [1.82, 2.24) is 9.97 Å². The van der Waals surface area contributed by atoms with Crippen molar-refractivity contribution in [1.29, 1.82) is 0 Å². The second-order valence-corrected chi connectivity index (χ2v) is 6.34. The lowest BCUT2D eigenvalue weighted by molar-refractivity contribution is 0.0698. The summed E-state index contributed by atoms with van der Waals surface area (Å²) in [5, 5.41) is 9.36. The van der Waals surface area contributed by atoms with Crippen LogP contribution in [0.1, 0.15) is 27.3 Å². The fourth-order valence-electron chi connectivity index (χ4n) is 2.74. The van der Waals surface area contributed by atoms with Crippen LogP contribution in [0.4, 0.5) is 0 Å². The molecule has 2 N–H and O–H groups in total. The first-order valence-electron chi connectivity index (χ1n) is 8.92. The van der Waals surface area contributed by atoms with Crippen LogP contribution in [0.3, 0.4) is 0 Å². The Morgan fingerprint density at radius 2 is 2.00 bits per heavy atom. The lowest BCUT2D eigenvalue weighted by Gasteiger charge is -2.06. The summed E-state index contributed by atoms with van der Waals surface area (Å²) in [6, 6.07) is 10.8. The number of fused-ring (bicyclic) bond motifs is 1. The van der Waals surface area contributed by atoms with Crippen molar-refractivity contribution in [3.05, 3.63) is 95.9 Å². The van der Waals surface area contributed by atoms with Gasteiger partial charge < -0.3 is 14.8 Å². The summed E-state index contributed by atoms with van der Waals surface area (Å²) in [5.74, 6) is 6.09. The van der Waals surface area contributed by atoms with Crippen LogP contribution in [-0.2, 0) is 0 Å². The molecule has 0 saturated carbocycles. The number of aromatic nitrogens is 2. The maximum Gasteiger partial charge on any atom is 0.337 e. The lowest BCUT2D eigenvalue weighted by atomic mass is 10.1. The molecule has 0 amide bonds. The molecular weight excluding hydrogens is 364 g/mol. The monoisotopic (exact) mass is 384 g/mol. The van der Waals surface area contributed by atoms with Crippen molar-refractivity contribution in [2.75, 3.05) is 6.61 Å². The van der Waals surface area contributed by atoms with Gasteiger partial charge in [-0.2, -0.15) is 0 Å². The number of carboxylic acids is 1. The molecule has 0 aliphatic rings. The number of aromatic amines is 1. The molecule has 29 heavy (non-hydrogen) atoms. The Morgan fingerprint density at radius 1 is 1.24 bits per heavy atom. The summed E-state index contributed by atoms with van der Waals surface area (Å²) in [7, 11) is 0. The molecule has 0 fully saturated rings. The van der Waals surface area contributed by atoms with Crippen molar-refractivity contribution in [2.45, 2.75) is 6.92 Å². The predicted molar refractivity (Wildman–Crippen MR) is 114 cm³/mol. The molecule has 0 aliphatic heterocycles. The number of hydrogen-bond donors (Lipinski definition) is 2. The molecule has 5 heteroatoms. The van der Waals surface area contributed by atoms with Gasteiger partial charge in [-0.25, -0.2) is 9.78 Å². The highest BCUT2D eigenvalue weighted by molar-refractivity contribution is 6.01. The SMILES string of the molecule is C=C/C=C(\C=C)COc1ccc(C#Cc2nc3c(C(=O)O)cc(C)cc3[nH]2)cc1. The lowest BCUT2D eigenvalue weighted by Crippen LogP contribution is -1.99. The summed E-state index contributed by atoms with van der Waals surface area (Å²) in [4.78, 5) is 18.8. The zero-order valence-corrected chi connectivity index (χ0v) is 16.0. The van der Waals surface area contributed by atoms with Crippen molar-refractivity contribution in [3.63, 3.8) is 0 Å². The van der Waals surface area contributed by atoms with Gasteiger partial charge in [-0.1, -0.05) is 37.3 Å². The van der Waals surface area contributed by atoms with Gasteiger partial charge in [-0.15, -0.1) is 0 Å². The highest BCUT2D eigenvalue weighted by atomic mass is 16.5. The molecule has 5 nitrogen and oxygen atoms in total. The number of hydrogen-bond acceptors (Lipinski definition) is 3. The van der Waals surface area contributed by atoms with E-state index in [1.807, 2.05) is 43.3 Å². The summed E-state index contributed by atoms with van der Waals surface area (Å²) in [6.45, 7) is 9.65. The number of rotatable bonds is 6. The molecule has 0 radical (unpaired) electrons. The molecule has 1 aromatic heterocycles. The molecule has 2 aromatic carbocycles. The minimum Gasteiger partial charge on any atom is -0.489 e. The number of carbonyl (C=O) groups is 1. The summed E-state index contributed by atoms with van der Waals surface area (Å²) >= 11 is 0. The van der Waals surface area contributed by atoms with E-state index in [2.05, 4.69) is 35.0 Å². The summed E-state index contributed by atoms with van der Waals surface area (Å²) in [5.41, 5.74) is 3.79. The Morgan fingerprint density at radius 3 is 2.66 bits per heavy atom. The van der Waals surface area contributed by atoms with Crippen molar-refractivity contribution in [3.8, 4) is 17.6 Å². The number of aromatic carboxylic acids is 1. The van der Waals surface area contributed by atoms with Crippen LogP contribution >= 0.6 is 0 Å². The average Bonchev–Trinajstić information content (AvgIpc) is 3.12. The number of ether oxygens (including phenoxy) is 1. The van der Waals surface area contributed by atoms with Crippen LogP contribution in [0.15, 0.2) is 73.4 Å². The van der Waals surface area contributed by atoms with Crippen LogP contribution in [0.2, 0.25) is 0 Å². The summed E-state index contributed by atoms with van der Waals surface area (Å²) in [6.07, 6.45) is 5.27. The van der Waals surface area contributed by atoms with E-state index >= 15 is 0 Å². The van der Waals surface area contributed by atoms with E-state index in [1.165, 1.54) is 0 Å². The molecule has 0 bridgehead atoms. The van der Waals surface area contributed by atoms with Crippen molar-refractivity contribution < 1.29 is 14.6 Å². The Labute approximate surface area is 169 Å². The minimum absolute atomic E-state index is 0.162. The van der Waals surface area contributed by atoms with Gasteiger partial charge in [0.1, 0.15) is 17.9 Å². The van der Waals surface area contributed by atoms with E-state index in [-0.39, 0.29) is 5.56 Å². The van der Waals surface area contributed by atoms with Gasteiger partial charge >= 0.3 is 5.97 Å². The minimum atomic E-state index is -1.01. The number of H-pyrrole nitrogens is 1. The highest BCUT2D eigenvalue weighted by Gasteiger charge is 2.13. The third kappa shape index (κ3) is 4.82. The molecule has 0 atom stereocenters. The topological polar surface area (TPSA) is 75.2 Å². The van der Waals surface area contributed by atoms with Gasteiger partial charge in [0.25, 0.3) is 0 Å². The molecule has 144 valence electrons. The first kappa shape index (κ1) is 19.7. The molecule has 0 spiro atoms. The van der Waals surface area contributed by atoms with Crippen LogP contribution in [-0.4, -0.2) is 27.7 Å². The third-order valence-corrected chi connectivity index (χ3v) is 4.14. The van der Waals surface area contributed by atoms with E-state index in [9.17, 15) is 9.90 Å². The molecule has 3 rings (SSSR count). The quantitative estimate of drug-likeness (QED) is 0.479. The fourth-order valence-corrected chi connectivity index (χ4v) is 2.74. The number of nitrogens with zero attached hydrogens (tertiary/aromatic N) is 1. The maximum atomic E-state index is 11.4. The second kappa shape index (κ2) is 8.77. The molecular formula is C24H20N2O3. The molecule has 0 unspecified atom stereocenters. The Balaban J connectivity index is 1.77. The van der Waals surface area contributed by atoms with Gasteiger partial charge in [0.05, 0.1) is 11.1 Å². The first-order chi connectivity index (χ1) is 14.0. The van der Waals surface area contributed by atoms with Crippen LogP contribution in [0, 0.1) is 18.8 Å². The predicted octanol–water partition coefficient (Wildman–Crippen LogP) is 4.65. The number of imidazole rings is 1. The number of nitrogens with one attached hydrogen (secondary N) is 1. The average molecular weight is 384 g/mol. The normalized spacial score (nSPS) is 10.9. The zero-order valence-electron chi connectivity index (χ0n) is 16.0. The van der Waals surface area contributed by atoms with E-state index in [1.54, 1.807) is 18.2 Å². The third-order valence-electron chi connectivity index (χ3n) is 4.14. The van der Waals surface area contributed by atoms with E-state index in [4.69, 9.17) is 4.74 Å². The van der Waals surface area contributed by atoms with Crippen LogP contribution in [0.5, 0.6) is 5.75 Å². The van der Waals surface area contributed by atoms with Crippen LogP contribution in [0.25, 0.3) is 11.0 Å². The van der Waals surface area contributed by atoms with Gasteiger partial charge in [0.15, 0.2) is 5.82 Å². The van der Waals surface area contributed by atoms with Crippen molar-refractivity contribution >= 4 is 17.0 Å². The Hall–Kier alpha value is -4.04. The van der Waals surface area contributed by atoms with Gasteiger partial charge in [0.2, 0.25) is 0 Å². The molecule has 3 aromatic rings. The van der Waals surface area contributed by atoms with E-state index < -0.39 is 5.97 Å². The maximum absolute atomic E-state index is 11.4. The number of aryl methyl sites for hydroxylation is 1. The van der Waals surface area contributed by atoms with E-state index in [0.717, 1.165) is 22.4 Å². The molecule has 0 saturated heterocycles. The van der Waals surface area contributed by atoms with Gasteiger partial charge in [-0.3, -0.25) is 0 Å². The summed E-state index contributed by atoms with van der Waals surface area (Å²) < 4.78 is 5.71. The Bertz CT molecular complexity index is 1170. The fraction of sp³-hybridized carbons (Fsp3) is 0.0833. The number of allylic oxidation sites excluding steroid dienone is 2. The van der Waals surface area contributed by atoms with Gasteiger partial charge in [-0.05, 0) is 60.4 Å². The van der Waals surface area contributed by atoms with Crippen molar-refractivity contribution in [2.24, 2.45) is 0 Å². The van der Waals surface area contributed by atoms with Gasteiger partial charge in [0, 0.05) is 5.56 Å². The largest absolute Gasteiger partial charge is 0.489 e. The molecule has 0 aliphatic carbocycles. The highest BCUT2D eigenvalue weighted by Crippen LogP contribution is 2.19. The first-order valence-corrected chi connectivity index (χ1v) is 8.92. The second-order valence-electron chi connectivity index (χ2n) is 6.34. The molecule has 1 heterocycles. The van der Waals surface area contributed by atoms with Crippen LogP contribution < -0.4 is 4.74 Å². The van der Waals surface area contributed by atoms with E-state index in [0.29, 0.717) is 23.5 Å². The standard InChI is InChI=1S/C24H20N2O3/c1-4-6-17(5-2)15-29-19-10-7-18(8-11-19)9-12-22-25-21-14-16(3)13-20(24(27)28)23(21)26-22/h4-8,10-11,13-14H,1-2,15H2,3H3,(H,25,26)(H,27,28)/b17-6+. The number of benzene rings is 2. The smallest absolute Gasteiger partial charge is 0.337 e.